The normalized spacial score (nSPS) is 15.0. The Hall–Kier alpha value is -4.83. The zero-order valence-corrected chi connectivity index (χ0v) is 22.7. The summed E-state index contributed by atoms with van der Waals surface area (Å²) in [5, 5.41) is 2.83. The molecule has 1 atom stereocenters. The number of hydrogen-bond acceptors (Lipinski definition) is 6. The Bertz CT molecular complexity index is 1860. The summed E-state index contributed by atoms with van der Waals surface area (Å²) < 4.78 is 36.3. The molecule has 7 nitrogen and oxygen atoms in total. The third-order valence-electron chi connectivity index (χ3n) is 6.59. The third kappa shape index (κ3) is 5.33. The van der Waals surface area contributed by atoms with Gasteiger partial charge in [0.25, 0.3) is 11.5 Å². The minimum absolute atomic E-state index is 0.00935. The van der Waals surface area contributed by atoms with Crippen molar-refractivity contribution in [2.45, 2.75) is 19.4 Å². The van der Waals surface area contributed by atoms with E-state index in [1.807, 2.05) is 30.3 Å². The molecule has 0 radical (unpaired) electrons. The average Bonchev–Trinajstić information content (AvgIpc) is 3.29. The van der Waals surface area contributed by atoms with Gasteiger partial charge in [0.2, 0.25) is 0 Å². The van der Waals surface area contributed by atoms with Gasteiger partial charge in [-0.15, -0.1) is 11.3 Å². The molecule has 2 heterocycles. The molecule has 0 aliphatic carbocycles. The zero-order valence-electron chi connectivity index (χ0n) is 21.9. The highest BCUT2D eigenvalue weighted by molar-refractivity contribution is 7.07. The molecule has 1 unspecified atom stereocenters. The summed E-state index contributed by atoms with van der Waals surface area (Å²) in [5.74, 6) is -4.33. The van der Waals surface area contributed by atoms with Crippen molar-refractivity contribution in [3.05, 3.63) is 132 Å². The second-order valence-electron chi connectivity index (χ2n) is 9.13. The number of rotatable bonds is 7. The second-order valence-corrected chi connectivity index (χ2v) is 10.2. The van der Waals surface area contributed by atoms with Crippen LogP contribution in [0.25, 0.3) is 17.5 Å². The van der Waals surface area contributed by atoms with Gasteiger partial charge in [-0.1, -0.05) is 66.7 Å². The van der Waals surface area contributed by atoms with Crippen LogP contribution in [0, 0.1) is 11.6 Å². The van der Waals surface area contributed by atoms with Crippen LogP contribution in [0.15, 0.2) is 89.2 Å². The fourth-order valence-electron chi connectivity index (χ4n) is 4.70. The average molecular weight is 574 g/mol. The molecule has 0 fully saturated rings. The van der Waals surface area contributed by atoms with Gasteiger partial charge >= 0.3 is 5.97 Å². The molecule has 3 N–H and O–H groups in total. The van der Waals surface area contributed by atoms with E-state index in [4.69, 9.17) is 10.5 Å². The number of benzene rings is 3. The van der Waals surface area contributed by atoms with Crippen LogP contribution in [0.2, 0.25) is 0 Å². The first-order valence-electron chi connectivity index (χ1n) is 12.8. The van der Waals surface area contributed by atoms with E-state index >= 15 is 4.39 Å². The summed E-state index contributed by atoms with van der Waals surface area (Å²) in [6, 6.07) is 20.7. The van der Waals surface area contributed by atoms with E-state index in [1.54, 1.807) is 19.1 Å². The second kappa shape index (κ2) is 11.7. The molecule has 5 rings (SSSR count). The van der Waals surface area contributed by atoms with Crippen molar-refractivity contribution in [1.29, 1.82) is 0 Å². The molecule has 1 aromatic heterocycles. The molecule has 1 amide bonds. The maximum atomic E-state index is 15.3. The molecule has 1 aliphatic heterocycles. The predicted octanol–water partition coefficient (Wildman–Crippen LogP) is 2.97. The maximum absolute atomic E-state index is 15.3. The lowest BCUT2D eigenvalue weighted by Crippen LogP contribution is -2.43. The van der Waals surface area contributed by atoms with Crippen molar-refractivity contribution in [1.82, 2.24) is 9.88 Å². The van der Waals surface area contributed by atoms with Crippen molar-refractivity contribution >= 4 is 40.7 Å². The van der Waals surface area contributed by atoms with Gasteiger partial charge in [0.15, 0.2) is 0 Å². The van der Waals surface area contributed by atoms with E-state index in [2.05, 4.69) is 5.32 Å². The van der Waals surface area contributed by atoms with Crippen molar-refractivity contribution in [2.75, 3.05) is 6.61 Å². The van der Waals surface area contributed by atoms with E-state index in [0.717, 1.165) is 21.5 Å². The summed E-state index contributed by atoms with van der Waals surface area (Å²) in [7, 11) is 0. The minimum atomic E-state index is -1.29. The number of amides is 1. The molecule has 0 saturated heterocycles. The SMILES string of the molecule is CCOC(=O)C1=C(N)n2c(s/c(=C/c3ccccc3F)c2=O)=C(C(=O)NCc2ccccc2)C1c1ccccc1F. The van der Waals surface area contributed by atoms with Crippen molar-refractivity contribution < 1.29 is 23.1 Å². The van der Waals surface area contributed by atoms with Crippen LogP contribution < -0.4 is 25.8 Å². The van der Waals surface area contributed by atoms with Crippen LogP contribution in [0.4, 0.5) is 8.78 Å². The van der Waals surface area contributed by atoms with Crippen molar-refractivity contribution in [3.63, 3.8) is 0 Å². The van der Waals surface area contributed by atoms with Crippen LogP contribution >= 0.6 is 11.3 Å². The highest BCUT2D eigenvalue weighted by Crippen LogP contribution is 2.38. The molecule has 0 bridgehead atoms. The number of carbonyl (C=O) groups excluding carboxylic acids is 2. The van der Waals surface area contributed by atoms with Gasteiger partial charge < -0.3 is 15.8 Å². The van der Waals surface area contributed by atoms with Crippen LogP contribution in [-0.2, 0) is 20.9 Å². The number of halogens is 2. The Balaban J connectivity index is 1.81. The fraction of sp³-hybridized carbons (Fsp3) is 0.129. The van der Waals surface area contributed by atoms with Gasteiger partial charge in [0.1, 0.15) is 22.1 Å². The number of carbonyl (C=O) groups is 2. The summed E-state index contributed by atoms with van der Waals surface area (Å²) in [6.45, 7) is 1.70. The summed E-state index contributed by atoms with van der Waals surface area (Å²) in [5.41, 5.74) is 6.46. The quantitative estimate of drug-likeness (QED) is 0.331. The highest BCUT2D eigenvalue weighted by Gasteiger charge is 2.40. The number of fused-ring (bicyclic) bond motifs is 1. The van der Waals surface area contributed by atoms with E-state index in [1.165, 1.54) is 42.5 Å². The molecule has 41 heavy (non-hydrogen) atoms. The zero-order chi connectivity index (χ0) is 29.1. The predicted molar refractivity (Wildman–Crippen MR) is 153 cm³/mol. The Morgan fingerprint density at radius 2 is 1.63 bits per heavy atom. The number of aromatic nitrogens is 1. The first-order chi connectivity index (χ1) is 19.8. The first-order valence-corrected chi connectivity index (χ1v) is 13.6. The molecule has 10 heteroatoms. The topological polar surface area (TPSA) is 103 Å². The van der Waals surface area contributed by atoms with Gasteiger partial charge in [-0.25, -0.2) is 13.6 Å². The Morgan fingerprint density at radius 1 is 0.976 bits per heavy atom. The van der Waals surface area contributed by atoms with Crippen LogP contribution in [0.1, 0.15) is 29.5 Å². The Kier molecular flexibility index (Phi) is 7.93. The first kappa shape index (κ1) is 27.7. The molecular formula is C31H25F2N3O4S. The number of nitrogens with one attached hydrogen (secondary N) is 1. The maximum Gasteiger partial charge on any atom is 0.338 e. The smallest absolute Gasteiger partial charge is 0.338 e. The Morgan fingerprint density at radius 3 is 2.32 bits per heavy atom. The lowest BCUT2D eigenvalue weighted by atomic mass is 9.82. The summed E-state index contributed by atoms with van der Waals surface area (Å²) in [6.07, 6.45) is 1.35. The molecule has 1 aliphatic rings. The van der Waals surface area contributed by atoms with Gasteiger partial charge in [-0.2, -0.15) is 0 Å². The largest absolute Gasteiger partial charge is 0.463 e. The number of thiazole rings is 1. The van der Waals surface area contributed by atoms with Gasteiger partial charge in [-0.05, 0) is 30.7 Å². The Labute approximate surface area is 237 Å². The van der Waals surface area contributed by atoms with Crippen LogP contribution in [0.5, 0.6) is 0 Å². The lowest BCUT2D eigenvalue weighted by Gasteiger charge is -2.27. The molecular weight excluding hydrogens is 548 g/mol. The number of nitrogens with two attached hydrogens (primary N) is 1. The third-order valence-corrected chi connectivity index (χ3v) is 7.70. The van der Waals surface area contributed by atoms with E-state index < -0.39 is 35.0 Å². The molecule has 4 aromatic rings. The summed E-state index contributed by atoms with van der Waals surface area (Å²) >= 11 is 0.900. The number of esters is 1. The molecule has 0 saturated carbocycles. The standard InChI is InChI=1S/C31H25F2N3O4S/c1-2-40-31(39)25-24(20-13-7-9-15-22(20)33)26(28(37)35-17-18-10-4-3-5-11-18)30-36(27(25)34)29(38)23(41-30)16-19-12-6-8-14-21(19)32/h3-16,24H,2,17,34H2,1H3,(H,35,37)/b23-16+. The molecule has 3 aromatic carbocycles. The van der Waals surface area contributed by atoms with E-state index in [9.17, 15) is 18.8 Å². The summed E-state index contributed by atoms with van der Waals surface area (Å²) in [4.78, 5) is 40.9. The number of hydrogen-bond donors (Lipinski definition) is 2. The van der Waals surface area contributed by atoms with Crippen LogP contribution in [-0.4, -0.2) is 23.1 Å². The van der Waals surface area contributed by atoms with Crippen molar-refractivity contribution in [3.8, 4) is 0 Å². The fourth-order valence-corrected chi connectivity index (χ4v) is 5.87. The van der Waals surface area contributed by atoms with Crippen LogP contribution in [0.3, 0.4) is 0 Å². The monoisotopic (exact) mass is 573 g/mol. The minimum Gasteiger partial charge on any atom is -0.463 e. The highest BCUT2D eigenvalue weighted by atomic mass is 32.1. The van der Waals surface area contributed by atoms with E-state index in [-0.39, 0.29) is 50.4 Å². The number of nitrogens with zero attached hydrogens (tertiary/aromatic N) is 1. The van der Waals surface area contributed by atoms with E-state index in [0.29, 0.717) is 0 Å². The lowest BCUT2D eigenvalue weighted by molar-refractivity contribution is -0.138. The molecule has 0 spiro atoms. The van der Waals surface area contributed by atoms with Gasteiger partial charge in [0, 0.05) is 17.7 Å². The van der Waals surface area contributed by atoms with Gasteiger partial charge in [0.05, 0.1) is 28.2 Å². The molecule has 208 valence electrons. The van der Waals surface area contributed by atoms with Gasteiger partial charge in [-0.3, -0.25) is 14.2 Å². The van der Waals surface area contributed by atoms with Crippen molar-refractivity contribution in [2.24, 2.45) is 5.73 Å². The number of ether oxygens (including phenoxy) is 1.